The molecule has 0 atom stereocenters. The molecular formula is C23H23N5O. The first-order valence-electron chi connectivity index (χ1n) is 9.62. The van der Waals surface area contributed by atoms with Gasteiger partial charge in [-0.05, 0) is 55.3 Å². The molecule has 2 heterocycles. The second-order valence-electron chi connectivity index (χ2n) is 6.97. The Balaban J connectivity index is 1.46. The van der Waals surface area contributed by atoms with Gasteiger partial charge in [0.05, 0.1) is 11.3 Å². The molecule has 0 aliphatic carbocycles. The molecule has 2 N–H and O–H groups in total. The van der Waals surface area contributed by atoms with Crippen LogP contribution in [0.15, 0.2) is 66.9 Å². The van der Waals surface area contributed by atoms with Crippen molar-refractivity contribution in [2.24, 2.45) is 0 Å². The quantitative estimate of drug-likeness (QED) is 0.525. The molecule has 0 saturated carbocycles. The number of fused-ring (bicyclic) bond motifs is 1. The summed E-state index contributed by atoms with van der Waals surface area (Å²) in [5.41, 5.74) is 5.57. The van der Waals surface area contributed by atoms with Crippen LogP contribution in [0.3, 0.4) is 0 Å². The second kappa shape index (κ2) is 8.14. The van der Waals surface area contributed by atoms with Gasteiger partial charge in [-0.2, -0.15) is 0 Å². The molecule has 6 heteroatoms. The summed E-state index contributed by atoms with van der Waals surface area (Å²) in [5, 5.41) is 14.7. The van der Waals surface area contributed by atoms with Gasteiger partial charge in [0.15, 0.2) is 5.65 Å². The van der Waals surface area contributed by atoms with E-state index in [4.69, 9.17) is 0 Å². The third kappa shape index (κ3) is 3.96. The molecule has 0 unspecified atom stereocenters. The first-order chi connectivity index (χ1) is 14.1. The lowest BCUT2D eigenvalue weighted by atomic mass is 10.1. The molecule has 0 aliphatic heterocycles. The summed E-state index contributed by atoms with van der Waals surface area (Å²) >= 11 is 0. The van der Waals surface area contributed by atoms with Crippen LogP contribution >= 0.6 is 0 Å². The molecule has 4 aromatic rings. The average molecular weight is 385 g/mol. The molecule has 2 aromatic heterocycles. The predicted molar refractivity (Wildman–Crippen MR) is 115 cm³/mol. The van der Waals surface area contributed by atoms with E-state index in [2.05, 4.69) is 40.7 Å². The topological polar surface area (TPSA) is 71.3 Å². The highest BCUT2D eigenvalue weighted by Crippen LogP contribution is 2.25. The Morgan fingerprint density at radius 3 is 2.62 bits per heavy atom. The van der Waals surface area contributed by atoms with Gasteiger partial charge in [-0.25, -0.2) is 0 Å². The third-order valence-corrected chi connectivity index (χ3v) is 5.06. The van der Waals surface area contributed by atoms with Crippen molar-refractivity contribution in [2.45, 2.75) is 20.3 Å². The number of nitrogens with one attached hydrogen (secondary N) is 2. The van der Waals surface area contributed by atoms with Gasteiger partial charge in [-0.3, -0.25) is 9.20 Å². The highest BCUT2D eigenvalue weighted by Gasteiger charge is 2.12. The lowest BCUT2D eigenvalue weighted by molar-refractivity contribution is 0.0955. The van der Waals surface area contributed by atoms with Crippen molar-refractivity contribution in [2.75, 3.05) is 11.9 Å². The van der Waals surface area contributed by atoms with E-state index in [1.807, 2.05) is 65.2 Å². The monoisotopic (exact) mass is 385 g/mol. The number of para-hydroxylation sites is 1. The number of benzene rings is 2. The zero-order valence-corrected chi connectivity index (χ0v) is 16.5. The molecule has 6 nitrogen and oxygen atoms in total. The van der Waals surface area contributed by atoms with Gasteiger partial charge in [-0.1, -0.05) is 30.3 Å². The summed E-state index contributed by atoms with van der Waals surface area (Å²) in [6, 6.07) is 19.4. The van der Waals surface area contributed by atoms with E-state index in [9.17, 15) is 4.79 Å². The van der Waals surface area contributed by atoms with Crippen LogP contribution < -0.4 is 10.6 Å². The van der Waals surface area contributed by atoms with E-state index < -0.39 is 0 Å². The summed E-state index contributed by atoms with van der Waals surface area (Å²) in [7, 11) is 0. The molecule has 4 rings (SSSR count). The van der Waals surface area contributed by atoms with Crippen molar-refractivity contribution in [1.29, 1.82) is 0 Å². The van der Waals surface area contributed by atoms with E-state index in [0.717, 1.165) is 22.8 Å². The van der Waals surface area contributed by atoms with Crippen molar-refractivity contribution < 1.29 is 4.79 Å². The van der Waals surface area contributed by atoms with Gasteiger partial charge in [0.2, 0.25) is 0 Å². The van der Waals surface area contributed by atoms with Crippen LogP contribution in [0.5, 0.6) is 0 Å². The Morgan fingerprint density at radius 2 is 1.72 bits per heavy atom. The molecular weight excluding hydrogens is 362 g/mol. The van der Waals surface area contributed by atoms with Crippen molar-refractivity contribution in [1.82, 2.24) is 19.9 Å². The van der Waals surface area contributed by atoms with Crippen LogP contribution in [0, 0.1) is 13.8 Å². The Bertz CT molecular complexity index is 1160. The van der Waals surface area contributed by atoms with Crippen LogP contribution in [-0.2, 0) is 6.42 Å². The molecule has 0 aliphatic rings. The molecule has 146 valence electrons. The van der Waals surface area contributed by atoms with E-state index in [-0.39, 0.29) is 5.91 Å². The van der Waals surface area contributed by atoms with Gasteiger partial charge >= 0.3 is 0 Å². The third-order valence-electron chi connectivity index (χ3n) is 5.06. The number of pyridine rings is 1. The number of carbonyl (C=O) groups excluding carboxylic acids is 1. The highest BCUT2D eigenvalue weighted by atomic mass is 16.1. The summed E-state index contributed by atoms with van der Waals surface area (Å²) in [6.45, 7) is 4.63. The standard InChI is InChI=1S/C23H23N5O/c1-16-8-7-11-19(17(16)2)25-20-10-4-3-9-18(20)23(29)24-14-13-22-27-26-21-12-5-6-15-28(21)22/h3-12,15,25H,13-14H2,1-2H3,(H,24,29). The first kappa shape index (κ1) is 18.7. The van der Waals surface area contributed by atoms with E-state index in [1.54, 1.807) is 0 Å². The number of carbonyl (C=O) groups is 1. The molecule has 2 aromatic carbocycles. The van der Waals surface area contributed by atoms with Gasteiger partial charge < -0.3 is 10.6 Å². The summed E-state index contributed by atoms with van der Waals surface area (Å²) < 4.78 is 1.93. The molecule has 0 saturated heterocycles. The molecule has 0 spiro atoms. The van der Waals surface area contributed by atoms with Gasteiger partial charge in [0, 0.05) is 24.8 Å². The minimum absolute atomic E-state index is 0.118. The summed E-state index contributed by atoms with van der Waals surface area (Å²) in [5.74, 6) is 0.704. The number of anilines is 2. The molecule has 0 bridgehead atoms. The maximum atomic E-state index is 12.8. The van der Waals surface area contributed by atoms with Crippen LogP contribution in [0.25, 0.3) is 5.65 Å². The Labute approximate surface area is 169 Å². The minimum atomic E-state index is -0.118. The van der Waals surface area contributed by atoms with Crippen molar-refractivity contribution in [3.8, 4) is 0 Å². The number of hydrogen-bond acceptors (Lipinski definition) is 4. The Hall–Kier alpha value is -3.67. The number of amides is 1. The van der Waals surface area contributed by atoms with E-state index >= 15 is 0 Å². The largest absolute Gasteiger partial charge is 0.355 e. The first-order valence-corrected chi connectivity index (χ1v) is 9.62. The Morgan fingerprint density at radius 1 is 0.931 bits per heavy atom. The van der Waals surface area contributed by atoms with Crippen LogP contribution in [0.2, 0.25) is 0 Å². The lowest BCUT2D eigenvalue weighted by Gasteiger charge is -2.15. The molecule has 0 radical (unpaired) electrons. The highest BCUT2D eigenvalue weighted by molar-refractivity contribution is 6.00. The summed E-state index contributed by atoms with van der Waals surface area (Å²) in [4.78, 5) is 12.8. The normalized spacial score (nSPS) is 10.8. The zero-order chi connectivity index (χ0) is 20.2. The van der Waals surface area contributed by atoms with Crippen LogP contribution in [0.4, 0.5) is 11.4 Å². The van der Waals surface area contributed by atoms with Gasteiger partial charge in [-0.15, -0.1) is 10.2 Å². The molecule has 0 fully saturated rings. The number of hydrogen-bond donors (Lipinski definition) is 2. The van der Waals surface area contributed by atoms with Crippen molar-refractivity contribution >= 4 is 22.9 Å². The van der Waals surface area contributed by atoms with Crippen LogP contribution in [0.1, 0.15) is 27.3 Å². The average Bonchev–Trinajstić information content (AvgIpc) is 3.15. The smallest absolute Gasteiger partial charge is 0.253 e. The number of nitrogens with zero attached hydrogens (tertiary/aromatic N) is 3. The molecule has 29 heavy (non-hydrogen) atoms. The predicted octanol–water partition coefficient (Wildman–Crippen LogP) is 4.06. The zero-order valence-electron chi connectivity index (χ0n) is 16.5. The van der Waals surface area contributed by atoms with Crippen molar-refractivity contribution in [3.63, 3.8) is 0 Å². The minimum Gasteiger partial charge on any atom is -0.355 e. The molecule has 1 amide bonds. The maximum Gasteiger partial charge on any atom is 0.253 e. The summed E-state index contributed by atoms with van der Waals surface area (Å²) in [6.07, 6.45) is 2.53. The van der Waals surface area contributed by atoms with Crippen LogP contribution in [-0.4, -0.2) is 27.0 Å². The number of rotatable bonds is 6. The van der Waals surface area contributed by atoms with E-state index in [1.165, 1.54) is 11.1 Å². The number of aromatic nitrogens is 3. The second-order valence-corrected chi connectivity index (χ2v) is 6.97. The number of aryl methyl sites for hydroxylation is 1. The van der Waals surface area contributed by atoms with Gasteiger partial charge in [0.1, 0.15) is 5.82 Å². The lowest BCUT2D eigenvalue weighted by Crippen LogP contribution is -2.26. The van der Waals surface area contributed by atoms with Crippen molar-refractivity contribution in [3.05, 3.63) is 89.4 Å². The fourth-order valence-corrected chi connectivity index (χ4v) is 3.27. The SMILES string of the molecule is Cc1cccc(Nc2ccccc2C(=O)NCCc2nnc3ccccn23)c1C. The fourth-order valence-electron chi connectivity index (χ4n) is 3.27. The fraction of sp³-hybridized carbons (Fsp3) is 0.174. The van der Waals surface area contributed by atoms with Gasteiger partial charge in [0.25, 0.3) is 5.91 Å². The maximum absolute atomic E-state index is 12.8. The van der Waals surface area contributed by atoms with E-state index in [0.29, 0.717) is 18.5 Å². The Kier molecular flexibility index (Phi) is 5.24.